The van der Waals surface area contributed by atoms with Crippen molar-refractivity contribution in [3.05, 3.63) is 51.4 Å². The Balaban J connectivity index is 2.13. The summed E-state index contributed by atoms with van der Waals surface area (Å²) in [5.41, 5.74) is -0.760. The van der Waals surface area contributed by atoms with E-state index in [9.17, 15) is 14.4 Å². The van der Waals surface area contributed by atoms with Gasteiger partial charge in [-0.3, -0.25) is 19.1 Å². The van der Waals surface area contributed by atoms with Gasteiger partial charge in [-0.05, 0) is 12.1 Å². The Labute approximate surface area is 113 Å². The van der Waals surface area contributed by atoms with Crippen molar-refractivity contribution in [2.45, 2.75) is 6.54 Å². The summed E-state index contributed by atoms with van der Waals surface area (Å²) in [5.74, 6) is -0.167. The number of hydrogen-bond acceptors (Lipinski definition) is 5. The molecule has 0 aliphatic rings. The summed E-state index contributed by atoms with van der Waals surface area (Å²) in [6.45, 7) is -0.229. The number of nitrogens with one attached hydrogen (secondary N) is 2. The van der Waals surface area contributed by atoms with Crippen LogP contribution in [0, 0.1) is 0 Å². The van der Waals surface area contributed by atoms with Crippen LogP contribution < -0.4 is 21.3 Å². The molecule has 2 rings (SSSR count). The summed E-state index contributed by atoms with van der Waals surface area (Å²) in [6.07, 6.45) is 2.78. The van der Waals surface area contributed by atoms with E-state index >= 15 is 0 Å². The average molecular weight is 276 g/mol. The van der Waals surface area contributed by atoms with Gasteiger partial charge in [0.25, 0.3) is 5.56 Å². The first-order chi connectivity index (χ1) is 9.60. The number of nitrogens with zero attached hydrogens (tertiary/aromatic N) is 2. The Kier molecular flexibility index (Phi) is 3.94. The van der Waals surface area contributed by atoms with E-state index in [0.717, 1.165) is 4.57 Å². The standard InChI is InChI=1S/C12H12N4O4/c1-20-11-8(3-2-5-13-11)14-10(18)7-16-6-4-9(17)15-12(16)19/h2-6H,7H2,1H3,(H,14,18)(H,15,17,19). The van der Waals surface area contributed by atoms with Crippen LogP contribution in [0.5, 0.6) is 5.88 Å². The zero-order chi connectivity index (χ0) is 14.5. The molecule has 2 aromatic rings. The van der Waals surface area contributed by atoms with Gasteiger partial charge in [0.1, 0.15) is 12.2 Å². The zero-order valence-corrected chi connectivity index (χ0v) is 10.6. The lowest BCUT2D eigenvalue weighted by atomic mass is 10.4. The van der Waals surface area contributed by atoms with Crippen molar-refractivity contribution < 1.29 is 9.53 Å². The number of amides is 1. The van der Waals surface area contributed by atoms with Crippen LogP contribution in [-0.2, 0) is 11.3 Å². The number of ether oxygens (including phenoxy) is 1. The van der Waals surface area contributed by atoms with Crippen LogP contribution in [0.15, 0.2) is 40.2 Å². The van der Waals surface area contributed by atoms with Gasteiger partial charge in [0.05, 0.1) is 7.11 Å². The normalized spacial score (nSPS) is 10.1. The largest absolute Gasteiger partial charge is 0.480 e. The van der Waals surface area contributed by atoms with Gasteiger partial charge in [-0.1, -0.05) is 0 Å². The predicted molar refractivity (Wildman–Crippen MR) is 70.7 cm³/mol. The Morgan fingerprint density at radius 2 is 2.25 bits per heavy atom. The second kappa shape index (κ2) is 5.83. The third kappa shape index (κ3) is 3.10. The molecule has 0 aliphatic carbocycles. The molecule has 1 amide bonds. The van der Waals surface area contributed by atoms with Crippen LogP contribution >= 0.6 is 0 Å². The molecule has 0 aromatic carbocycles. The van der Waals surface area contributed by atoms with E-state index in [1.54, 1.807) is 12.1 Å². The number of aromatic nitrogens is 3. The molecule has 2 N–H and O–H groups in total. The lowest BCUT2D eigenvalue weighted by molar-refractivity contribution is -0.116. The highest BCUT2D eigenvalue weighted by atomic mass is 16.5. The van der Waals surface area contributed by atoms with E-state index in [1.807, 2.05) is 0 Å². The predicted octanol–water partition coefficient (Wildman–Crippen LogP) is -0.421. The van der Waals surface area contributed by atoms with E-state index in [4.69, 9.17) is 4.74 Å². The highest BCUT2D eigenvalue weighted by molar-refractivity contribution is 5.91. The zero-order valence-electron chi connectivity index (χ0n) is 10.6. The molecule has 0 saturated heterocycles. The molecular formula is C12H12N4O4. The van der Waals surface area contributed by atoms with Crippen molar-refractivity contribution in [1.29, 1.82) is 0 Å². The number of pyridine rings is 1. The van der Waals surface area contributed by atoms with Gasteiger partial charge in [0.15, 0.2) is 0 Å². The average Bonchev–Trinajstić information content (AvgIpc) is 2.42. The summed E-state index contributed by atoms with van der Waals surface area (Å²) in [6, 6.07) is 4.43. The molecule has 0 saturated carbocycles. The Morgan fingerprint density at radius 1 is 1.45 bits per heavy atom. The third-order valence-electron chi connectivity index (χ3n) is 2.45. The second-order valence-electron chi connectivity index (χ2n) is 3.85. The molecule has 2 heterocycles. The van der Waals surface area contributed by atoms with Crippen LogP contribution in [0.3, 0.4) is 0 Å². The highest BCUT2D eigenvalue weighted by Gasteiger charge is 2.09. The van der Waals surface area contributed by atoms with E-state index in [-0.39, 0.29) is 12.4 Å². The molecule has 8 heteroatoms. The molecule has 104 valence electrons. The first kappa shape index (κ1) is 13.5. The number of carbonyl (C=O) groups is 1. The Bertz CT molecular complexity index is 734. The van der Waals surface area contributed by atoms with E-state index in [1.165, 1.54) is 25.6 Å². The summed E-state index contributed by atoms with van der Waals surface area (Å²) >= 11 is 0. The maximum absolute atomic E-state index is 11.8. The molecule has 2 aromatic heterocycles. The minimum atomic E-state index is -0.647. The molecule has 0 bridgehead atoms. The summed E-state index contributed by atoms with van der Waals surface area (Å²) < 4.78 is 6.08. The maximum atomic E-state index is 11.8. The monoisotopic (exact) mass is 276 g/mol. The smallest absolute Gasteiger partial charge is 0.328 e. The van der Waals surface area contributed by atoms with Crippen molar-refractivity contribution in [2.75, 3.05) is 12.4 Å². The van der Waals surface area contributed by atoms with Gasteiger partial charge >= 0.3 is 5.69 Å². The fourth-order valence-electron chi connectivity index (χ4n) is 1.56. The molecule has 8 nitrogen and oxygen atoms in total. The van der Waals surface area contributed by atoms with Gasteiger partial charge in [-0.15, -0.1) is 0 Å². The summed E-state index contributed by atoms with van der Waals surface area (Å²) in [7, 11) is 1.43. The van der Waals surface area contributed by atoms with Gasteiger partial charge in [-0.25, -0.2) is 9.78 Å². The van der Waals surface area contributed by atoms with Gasteiger partial charge < -0.3 is 10.1 Å². The van der Waals surface area contributed by atoms with E-state index in [2.05, 4.69) is 15.3 Å². The van der Waals surface area contributed by atoms with Crippen LogP contribution in [0.4, 0.5) is 5.69 Å². The topological polar surface area (TPSA) is 106 Å². The number of carbonyl (C=O) groups excluding carboxylic acids is 1. The number of anilines is 1. The second-order valence-corrected chi connectivity index (χ2v) is 3.85. The van der Waals surface area contributed by atoms with Crippen LogP contribution in [0.25, 0.3) is 0 Å². The molecular weight excluding hydrogens is 264 g/mol. The molecule has 0 unspecified atom stereocenters. The number of hydrogen-bond donors (Lipinski definition) is 2. The van der Waals surface area contributed by atoms with Crippen LogP contribution in [-0.4, -0.2) is 27.6 Å². The Morgan fingerprint density at radius 3 is 2.95 bits per heavy atom. The molecule has 20 heavy (non-hydrogen) atoms. The summed E-state index contributed by atoms with van der Waals surface area (Å²) in [4.78, 5) is 40.2. The number of rotatable bonds is 4. The lowest BCUT2D eigenvalue weighted by Gasteiger charge is -2.09. The fraction of sp³-hybridized carbons (Fsp3) is 0.167. The van der Waals surface area contributed by atoms with Crippen LogP contribution in [0.2, 0.25) is 0 Å². The van der Waals surface area contributed by atoms with Crippen LogP contribution in [0.1, 0.15) is 0 Å². The fourth-order valence-corrected chi connectivity index (χ4v) is 1.56. The van der Waals surface area contributed by atoms with Crippen molar-refractivity contribution in [2.24, 2.45) is 0 Å². The summed E-state index contributed by atoms with van der Waals surface area (Å²) in [5, 5.41) is 2.57. The number of aromatic amines is 1. The van der Waals surface area contributed by atoms with Crippen molar-refractivity contribution >= 4 is 11.6 Å². The number of H-pyrrole nitrogens is 1. The van der Waals surface area contributed by atoms with Gasteiger partial charge in [0, 0.05) is 18.5 Å². The minimum Gasteiger partial charge on any atom is -0.480 e. The molecule has 0 radical (unpaired) electrons. The van der Waals surface area contributed by atoms with E-state index < -0.39 is 17.2 Å². The SMILES string of the molecule is COc1ncccc1NC(=O)Cn1ccc(=O)[nH]c1=O. The third-order valence-corrected chi connectivity index (χ3v) is 2.45. The molecule has 0 fully saturated rings. The first-order valence-corrected chi connectivity index (χ1v) is 5.69. The van der Waals surface area contributed by atoms with Crippen molar-refractivity contribution in [1.82, 2.24) is 14.5 Å². The first-order valence-electron chi connectivity index (χ1n) is 5.69. The van der Waals surface area contributed by atoms with Gasteiger partial charge in [0.2, 0.25) is 11.8 Å². The van der Waals surface area contributed by atoms with E-state index in [0.29, 0.717) is 5.69 Å². The van der Waals surface area contributed by atoms with Crippen molar-refractivity contribution in [3.63, 3.8) is 0 Å². The Hall–Kier alpha value is -2.90. The number of methoxy groups -OCH3 is 1. The maximum Gasteiger partial charge on any atom is 0.328 e. The molecule has 0 aliphatic heterocycles. The molecule has 0 atom stereocenters. The highest BCUT2D eigenvalue weighted by Crippen LogP contribution is 2.19. The minimum absolute atomic E-state index is 0.229. The lowest BCUT2D eigenvalue weighted by Crippen LogP contribution is -2.32. The quantitative estimate of drug-likeness (QED) is 0.788. The van der Waals surface area contributed by atoms with Crippen molar-refractivity contribution in [3.8, 4) is 5.88 Å². The van der Waals surface area contributed by atoms with Gasteiger partial charge in [-0.2, -0.15) is 0 Å². The molecule has 0 spiro atoms.